The standard InChI is InChI=1S/C16H18O2/c1-16(2,3)14-7-5-4-6-13(14)15(17)10-12-8-9-18-11-12/h4-9,11H,10H2,1-3H3. The summed E-state index contributed by atoms with van der Waals surface area (Å²) in [5, 5.41) is 0. The van der Waals surface area contributed by atoms with E-state index in [0.717, 1.165) is 16.7 Å². The highest BCUT2D eigenvalue weighted by molar-refractivity contribution is 5.99. The molecule has 0 N–H and O–H groups in total. The number of rotatable bonds is 3. The summed E-state index contributed by atoms with van der Waals surface area (Å²) in [6, 6.07) is 9.66. The monoisotopic (exact) mass is 242 g/mol. The van der Waals surface area contributed by atoms with Crippen LogP contribution in [0.5, 0.6) is 0 Å². The van der Waals surface area contributed by atoms with Gasteiger partial charge in [0, 0.05) is 12.0 Å². The molecule has 18 heavy (non-hydrogen) atoms. The minimum Gasteiger partial charge on any atom is -0.472 e. The number of ketones is 1. The normalized spacial score (nSPS) is 11.5. The molecule has 0 fully saturated rings. The first-order valence-corrected chi connectivity index (χ1v) is 6.12. The Morgan fingerprint density at radius 1 is 1.17 bits per heavy atom. The zero-order chi connectivity index (χ0) is 13.2. The second kappa shape index (κ2) is 4.81. The van der Waals surface area contributed by atoms with Gasteiger partial charge in [-0.2, -0.15) is 0 Å². The maximum atomic E-state index is 12.3. The van der Waals surface area contributed by atoms with Gasteiger partial charge in [0.05, 0.1) is 12.5 Å². The highest BCUT2D eigenvalue weighted by atomic mass is 16.3. The summed E-state index contributed by atoms with van der Waals surface area (Å²) >= 11 is 0. The summed E-state index contributed by atoms with van der Waals surface area (Å²) in [5.41, 5.74) is 2.80. The minimum absolute atomic E-state index is 0.0251. The summed E-state index contributed by atoms with van der Waals surface area (Å²) in [7, 11) is 0. The lowest BCUT2D eigenvalue weighted by molar-refractivity contribution is 0.0990. The maximum absolute atomic E-state index is 12.3. The van der Waals surface area contributed by atoms with Gasteiger partial charge in [0.15, 0.2) is 5.78 Å². The van der Waals surface area contributed by atoms with E-state index in [1.165, 1.54) is 0 Å². The molecule has 0 bridgehead atoms. The van der Waals surface area contributed by atoms with E-state index in [0.29, 0.717) is 6.42 Å². The average molecular weight is 242 g/mol. The quantitative estimate of drug-likeness (QED) is 0.761. The average Bonchev–Trinajstić information content (AvgIpc) is 2.80. The van der Waals surface area contributed by atoms with Gasteiger partial charge in [-0.05, 0) is 22.6 Å². The molecule has 0 aliphatic carbocycles. The Morgan fingerprint density at radius 2 is 1.89 bits per heavy atom. The maximum Gasteiger partial charge on any atom is 0.167 e. The molecule has 2 rings (SSSR count). The molecule has 2 heteroatoms. The van der Waals surface area contributed by atoms with Crippen molar-refractivity contribution in [3.05, 3.63) is 59.5 Å². The largest absolute Gasteiger partial charge is 0.472 e. The third-order valence-corrected chi connectivity index (χ3v) is 2.98. The smallest absolute Gasteiger partial charge is 0.167 e. The van der Waals surface area contributed by atoms with E-state index < -0.39 is 0 Å². The van der Waals surface area contributed by atoms with Crippen LogP contribution >= 0.6 is 0 Å². The van der Waals surface area contributed by atoms with E-state index in [9.17, 15) is 4.79 Å². The number of benzene rings is 1. The molecule has 1 heterocycles. The van der Waals surface area contributed by atoms with Gasteiger partial charge in [-0.1, -0.05) is 45.0 Å². The van der Waals surface area contributed by atoms with Crippen molar-refractivity contribution < 1.29 is 9.21 Å². The molecule has 1 aromatic heterocycles. The predicted octanol–water partition coefficient (Wildman–Crippen LogP) is 4.00. The van der Waals surface area contributed by atoms with Crippen LogP contribution in [0.1, 0.15) is 42.3 Å². The van der Waals surface area contributed by atoms with Crippen LogP contribution < -0.4 is 0 Å². The summed E-state index contributed by atoms with van der Waals surface area (Å²) in [6.45, 7) is 6.37. The summed E-state index contributed by atoms with van der Waals surface area (Å²) in [4.78, 5) is 12.3. The second-order valence-corrected chi connectivity index (χ2v) is 5.53. The molecule has 0 saturated heterocycles. The van der Waals surface area contributed by atoms with Gasteiger partial charge in [-0.15, -0.1) is 0 Å². The molecule has 2 nitrogen and oxygen atoms in total. The van der Waals surface area contributed by atoms with Gasteiger partial charge in [-0.3, -0.25) is 4.79 Å². The van der Waals surface area contributed by atoms with Crippen molar-refractivity contribution >= 4 is 5.78 Å². The Balaban J connectivity index is 2.31. The van der Waals surface area contributed by atoms with Crippen LogP contribution in [0.15, 0.2) is 47.3 Å². The van der Waals surface area contributed by atoms with Crippen LogP contribution in [0.3, 0.4) is 0 Å². The summed E-state index contributed by atoms with van der Waals surface area (Å²) in [5.74, 6) is 0.141. The Kier molecular flexibility index (Phi) is 3.37. The van der Waals surface area contributed by atoms with Crippen molar-refractivity contribution in [1.29, 1.82) is 0 Å². The zero-order valence-corrected chi connectivity index (χ0v) is 11.1. The van der Waals surface area contributed by atoms with Gasteiger partial charge in [0.25, 0.3) is 0 Å². The topological polar surface area (TPSA) is 30.2 Å². The first kappa shape index (κ1) is 12.6. The van der Waals surface area contributed by atoms with Crippen molar-refractivity contribution in [2.45, 2.75) is 32.6 Å². The van der Waals surface area contributed by atoms with Crippen LogP contribution in [0.4, 0.5) is 0 Å². The molecule has 2 aromatic rings. The molecule has 0 radical (unpaired) electrons. The van der Waals surface area contributed by atoms with Crippen LogP contribution in [0.2, 0.25) is 0 Å². The fraction of sp³-hybridized carbons (Fsp3) is 0.312. The third kappa shape index (κ3) is 2.70. The van der Waals surface area contributed by atoms with Gasteiger partial charge in [-0.25, -0.2) is 0 Å². The molecule has 0 unspecified atom stereocenters. The van der Waals surface area contributed by atoms with E-state index in [-0.39, 0.29) is 11.2 Å². The Hall–Kier alpha value is -1.83. The van der Waals surface area contributed by atoms with Crippen LogP contribution in [-0.4, -0.2) is 5.78 Å². The number of Topliss-reactive ketones (excluding diaryl/α,β-unsaturated/α-hetero) is 1. The molecular formula is C16H18O2. The van der Waals surface area contributed by atoms with Crippen molar-refractivity contribution in [2.75, 3.05) is 0 Å². The van der Waals surface area contributed by atoms with E-state index in [1.54, 1.807) is 12.5 Å². The van der Waals surface area contributed by atoms with E-state index >= 15 is 0 Å². The lowest BCUT2D eigenvalue weighted by Gasteiger charge is -2.22. The molecule has 1 aromatic carbocycles. The fourth-order valence-corrected chi connectivity index (χ4v) is 2.05. The summed E-state index contributed by atoms with van der Waals surface area (Å²) in [6.07, 6.45) is 3.61. The lowest BCUT2D eigenvalue weighted by Crippen LogP contribution is -2.17. The Morgan fingerprint density at radius 3 is 2.50 bits per heavy atom. The Bertz CT molecular complexity index is 530. The van der Waals surface area contributed by atoms with Gasteiger partial charge in [0.1, 0.15) is 0 Å². The number of furan rings is 1. The zero-order valence-electron chi connectivity index (χ0n) is 11.1. The first-order valence-electron chi connectivity index (χ1n) is 6.12. The highest BCUT2D eigenvalue weighted by Gasteiger charge is 2.21. The number of hydrogen-bond donors (Lipinski definition) is 0. The van der Waals surface area contributed by atoms with Gasteiger partial charge >= 0.3 is 0 Å². The molecule has 0 aliphatic heterocycles. The summed E-state index contributed by atoms with van der Waals surface area (Å²) < 4.78 is 5.00. The van der Waals surface area contributed by atoms with E-state index in [1.807, 2.05) is 30.3 Å². The minimum atomic E-state index is -0.0251. The first-order chi connectivity index (χ1) is 8.48. The molecule has 0 amide bonds. The van der Waals surface area contributed by atoms with Crippen molar-refractivity contribution in [3.63, 3.8) is 0 Å². The molecule has 0 spiro atoms. The second-order valence-electron chi connectivity index (χ2n) is 5.53. The van der Waals surface area contributed by atoms with Gasteiger partial charge in [0.2, 0.25) is 0 Å². The van der Waals surface area contributed by atoms with Gasteiger partial charge < -0.3 is 4.42 Å². The fourth-order valence-electron chi connectivity index (χ4n) is 2.05. The molecule has 0 atom stereocenters. The third-order valence-electron chi connectivity index (χ3n) is 2.98. The van der Waals surface area contributed by atoms with Crippen molar-refractivity contribution in [3.8, 4) is 0 Å². The molecule has 0 saturated carbocycles. The van der Waals surface area contributed by atoms with Crippen LogP contribution in [-0.2, 0) is 11.8 Å². The lowest BCUT2D eigenvalue weighted by atomic mass is 9.82. The Labute approximate surface area is 108 Å². The predicted molar refractivity (Wildman–Crippen MR) is 71.9 cm³/mol. The molecule has 94 valence electrons. The van der Waals surface area contributed by atoms with Crippen LogP contribution in [0.25, 0.3) is 0 Å². The number of hydrogen-bond acceptors (Lipinski definition) is 2. The van der Waals surface area contributed by atoms with Crippen molar-refractivity contribution in [2.24, 2.45) is 0 Å². The van der Waals surface area contributed by atoms with E-state index in [4.69, 9.17) is 4.42 Å². The molecular weight excluding hydrogens is 224 g/mol. The highest BCUT2D eigenvalue weighted by Crippen LogP contribution is 2.26. The molecule has 0 aliphatic rings. The van der Waals surface area contributed by atoms with Crippen LogP contribution in [0, 0.1) is 0 Å². The SMILES string of the molecule is CC(C)(C)c1ccccc1C(=O)Cc1ccoc1. The van der Waals surface area contributed by atoms with Crippen molar-refractivity contribution in [1.82, 2.24) is 0 Å². The number of carbonyl (C=O) groups is 1. The number of carbonyl (C=O) groups excluding carboxylic acids is 1. The van der Waals surface area contributed by atoms with E-state index in [2.05, 4.69) is 20.8 Å².